The van der Waals surface area contributed by atoms with Gasteiger partial charge in [-0.25, -0.2) is 0 Å². The molecular weight excluding hydrogens is 480 g/mol. The lowest BCUT2D eigenvalue weighted by molar-refractivity contribution is 0.415. The van der Waals surface area contributed by atoms with Gasteiger partial charge in [0.15, 0.2) is 0 Å². The molecule has 0 atom stereocenters. The predicted molar refractivity (Wildman–Crippen MR) is 160 cm³/mol. The van der Waals surface area contributed by atoms with Gasteiger partial charge in [0, 0.05) is 22.5 Å². The number of methoxy groups -OCH3 is 2. The Labute approximate surface area is 230 Å². The molecule has 0 unspecified atom stereocenters. The highest BCUT2D eigenvalue weighted by Gasteiger charge is 2.42. The summed E-state index contributed by atoms with van der Waals surface area (Å²) in [6, 6.07) is 48.6. The van der Waals surface area contributed by atoms with Gasteiger partial charge in [0.1, 0.15) is 17.7 Å². The monoisotopic (exact) mass is 510 g/mol. The summed E-state index contributed by atoms with van der Waals surface area (Å²) in [5, 5.41) is 0. The topological polar surface area (TPSA) is 24.9 Å². The molecule has 0 N–H and O–H groups in total. The second-order valence-corrected chi connectivity index (χ2v) is 9.35. The third kappa shape index (κ3) is 4.62. The predicted octanol–water partition coefficient (Wildman–Crippen LogP) is 8.26. The van der Waals surface area contributed by atoms with Crippen molar-refractivity contribution in [3.63, 3.8) is 0 Å². The van der Waals surface area contributed by atoms with E-state index in [0.29, 0.717) is 0 Å². The van der Waals surface area contributed by atoms with E-state index in [1.54, 1.807) is 14.2 Å². The lowest BCUT2D eigenvalue weighted by atomic mass is 10.0. The van der Waals surface area contributed by atoms with Gasteiger partial charge in [-0.2, -0.15) is 0 Å². The first-order chi connectivity index (χ1) is 19.3. The summed E-state index contributed by atoms with van der Waals surface area (Å²) < 4.78 is 11.0. The van der Waals surface area contributed by atoms with Crippen molar-refractivity contribution in [3.8, 4) is 11.5 Å². The maximum atomic E-state index is 5.50. The van der Waals surface area contributed by atoms with Gasteiger partial charge in [-0.15, -0.1) is 0 Å². The zero-order chi connectivity index (χ0) is 26.6. The van der Waals surface area contributed by atoms with Crippen molar-refractivity contribution in [2.45, 2.75) is 6.17 Å². The van der Waals surface area contributed by atoms with Gasteiger partial charge in [-0.05, 0) is 54.1 Å². The second kappa shape index (κ2) is 10.8. The Bertz CT molecular complexity index is 1450. The molecule has 1 aliphatic heterocycles. The fraction of sp³-hybridized carbons (Fsp3) is 0.0857. The minimum atomic E-state index is -0.140. The van der Waals surface area contributed by atoms with Crippen LogP contribution in [0.1, 0.15) is 22.9 Å². The summed E-state index contributed by atoms with van der Waals surface area (Å²) in [7, 11) is 3.40. The molecule has 0 radical (unpaired) electrons. The van der Waals surface area contributed by atoms with Gasteiger partial charge >= 0.3 is 0 Å². The van der Waals surface area contributed by atoms with Crippen molar-refractivity contribution >= 4 is 22.8 Å². The molecule has 1 heterocycles. The molecule has 6 rings (SSSR count). The number of hydrogen-bond acceptors (Lipinski definition) is 4. The number of benzene rings is 5. The minimum Gasteiger partial charge on any atom is -0.497 e. The Morgan fingerprint density at radius 2 is 0.795 bits per heavy atom. The van der Waals surface area contributed by atoms with Crippen molar-refractivity contribution in [2.24, 2.45) is 0 Å². The number of anilines is 2. The van der Waals surface area contributed by atoms with Crippen LogP contribution in [0.15, 0.2) is 140 Å². The van der Waals surface area contributed by atoms with Gasteiger partial charge in [0.25, 0.3) is 0 Å². The summed E-state index contributed by atoms with van der Waals surface area (Å²) in [6.07, 6.45) is -0.140. The fourth-order valence-corrected chi connectivity index (χ4v) is 5.28. The molecule has 0 bridgehead atoms. The summed E-state index contributed by atoms with van der Waals surface area (Å²) in [5.41, 5.74) is 7.89. The molecule has 4 heteroatoms. The molecule has 5 aromatic rings. The first kappa shape index (κ1) is 24.4. The van der Waals surface area contributed by atoms with E-state index in [-0.39, 0.29) is 6.17 Å². The van der Waals surface area contributed by atoms with Crippen LogP contribution in [-0.4, -0.2) is 14.2 Å². The van der Waals surface area contributed by atoms with Crippen molar-refractivity contribution in [1.82, 2.24) is 0 Å². The molecule has 0 spiro atoms. The highest BCUT2D eigenvalue weighted by atomic mass is 16.5. The average molecular weight is 511 g/mol. The van der Waals surface area contributed by atoms with Crippen LogP contribution < -0.4 is 19.3 Å². The van der Waals surface area contributed by atoms with Crippen molar-refractivity contribution in [1.29, 1.82) is 0 Å². The normalized spacial score (nSPS) is 13.6. The molecule has 39 heavy (non-hydrogen) atoms. The Balaban J connectivity index is 1.68. The smallest absolute Gasteiger partial charge is 0.137 e. The van der Waals surface area contributed by atoms with Crippen molar-refractivity contribution in [2.75, 3.05) is 24.0 Å². The maximum absolute atomic E-state index is 5.50. The van der Waals surface area contributed by atoms with Crippen LogP contribution >= 0.6 is 0 Å². The lowest BCUT2D eigenvalue weighted by Crippen LogP contribution is -2.32. The summed E-state index contributed by atoms with van der Waals surface area (Å²) >= 11 is 0. The van der Waals surface area contributed by atoms with E-state index < -0.39 is 0 Å². The SMILES string of the molecule is COc1ccc(N2C(c3ccccc3)=C(c3ccccc3)N(c3ccc(OC)cc3)C2c2ccccc2)cc1. The van der Waals surface area contributed by atoms with E-state index in [2.05, 4.69) is 125 Å². The zero-order valence-corrected chi connectivity index (χ0v) is 22.1. The molecule has 4 nitrogen and oxygen atoms in total. The summed E-state index contributed by atoms with van der Waals surface area (Å²) in [4.78, 5) is 4.88. The Morgan fingerprint density at radius 1 is 0.436 bits per heavy atom. The van der Waals surface area contributed by atoms with Crippen LogP contribution in [0.25, 0.3) is 11.4 Å². The highest BCUT2D eigenvalue weighted by molar-refractivity contribution is 6.06. The van der Waals surface area contributed by atoms with E-state index >= 15 is 0 Å². The Morgan fingerprint density at radius 3 is 1.15 bits per heavy atom. The molecular formula is C35H30N2O2. The van der Waals surface area contributed by atoms with Crippen molar-refractivity contribution < 1.29 is 9.47 Å². The molecule has 0 amide bonds. The highest BCUT2D eigenvalue weighted by Crippen LogP contribution is 2.52. The lowest BCUT2D eigenvalue weighted by Gasteiger charge is -2.35. The third-order valence-corrected chi connectivity index (χ3v) is 7.09. The van der Waals surface area contributed by atoms with E-state index in [1.165, 1.54) is 5.56 Å². The molecule has 0 aromatic heterocycles. The van der Waals surface area contributed by atoms with E-state index in [4.69, 9.17) is 9.47 Å². The molecule has 0 saturated carbocycles. The quantitative estimate of drug-likeness (QED) is 0.220. The first-order valence-electron chi connectivity index (χ1n) is 13.0. The van der Waals surface area contributed by atoms with E-state index in [9.17, 15) is 0 Å². The number of ether oxygens (including phenoxy) is 2. The molecule has 1 aliphatic rings. The van der Waals surface area contributed by atoms with E-state index in [1.807, 2.05) is 24.3 Å². The van der Waals surface area contributed by atoms with Crippen LogP contribution in [0.5, 0.6) is 11.5 Å². The molecule has 0 saturated heterocycles. The molecule has 0 fully saturated rings. The first-order valence-corrected chi connectivity index (χ1v) is 13.0. The molecule has 192 valence electrons. The van der Waals surface area contributed by atoms with Gasteiger partial charge in [0.2, 0.25) is 0 Å². The van der Waals surface area contributed by atoms with Crippen LogP contribution in [-0.2, 0) is 0 Å². The van der Waals surface area contributed by atoms with Crippen LogP contribution in [0.4, 0.5) is 11.4 Å². The number of rotatable bonds is 7. The fourth-order valence-electron chi connectivity index (χ4n) is 5.28. The summed E-state index contributed by atoms with van der Waals surface area (Å²) in [6.45, 7) is 0. The van der Waals surface area contributed by atoms with Gasteiger partial charge in [-0.3, -0.25) is 0 Å². The minimum absolute atomic E-state index is 0.140. The van der Waals surface area contributed by atoms with Crippen LogP contribution in [0.2, 0.25) is 0 Å². The van der Waals surface area contributed by atoms with E-state index in [0.717, 1.165) is 45.4 Å². The molecule has 5 aromatic carbocycles. The van der Waals surface area contributed by atoms with Gasteiger partial charge in [0.05, 0.1) is 25.6 Å². The standard InChI is InChI=1S/C35H30N2O2/c1-38-31-22-18-29(19-23-31)36-33(26-12-6-3-7-13-26)34(27-14-8-4-9-15-27)37(30-20-24-32(39-2)25-21-30)35(36)28-16-10-5-11-17-28/h3-25,35H,1-2H3. The Hall–Kier alpha value is -4.96. The summed E-state index contributed by atoms with van der Waals surface area (Å²) in [5.74, 6) is 1.66. The maximum Gasteiger partial charge on any atom is 0.137 e. The third-order valence-electron chi connectivity index (χ3n) is 7.09. The van der Waals surface area contributed by atoms with Gasteiger partial charge < -0.3 is 19.3 Å². The zero-order valence-electron chi connectivity index (χ0n) is 22.1. The average Bonchev–Trinajstić information content (AvgIpc) is 3.38. The Kier molecular flexibility index (Phi) is 6.75. The number of nitrogens with zero attached hydrogens (tertiary/aromatic N) is 2. The number of hydrogen-bond donors (Lipinski definition) is 0. The molecule has 0 aliphatic carbocycles. The van der Waals surface area contributed by atoms with Gasteiger partial charge in [-0.1, -0.05) is 91.0 Å². The van der Waals surface area contributed by atoms with Crippen LogP contribution in [0.3, 0.4) is 0 Å². The van der Waals surface area contributed by atoms with Crippen LogP contribution in [0, 0.1) is 0 Å². The van der Waals surface area contributed by atoms with Crippen molar-refractivity contribution in [3.05, 3.63) is 156 Å². The second-order valence-electron chi connectivity index (χ2n) is 9.35. The largest absolute Gasteiger partial charge is 0.497 e.